The third-order valence-electron chi connectivity index (χ3n) is 1.53. The van der Waals surface area contributed by atoms with Gasteiger partial charge in [-0.05, 0) is 0 Å². The van der Waals surface area contributed by atoms with Crippen molar-refractivity contribution in [3.8, 4) is 0 Å². The molecular formula is C8H9N2O+. The Balaban J connectivity index is 2.23. The van der Waals surface area contributed by atoms with E-state index < -0.39 is 0 Å². The number of hydrogen-bond donors (Lipinski definition) is 0. The van der Waals surface area contributed by atoms with Crippen LogP contribution in [-0.2, 0) is 4.74 Å². The average molecular weight is 149 g/mol. The molecular weight excluding hydrogens is 140 g/mol. The van der Waals surface area contributed by atoms with Crippen molar-refractivity contribution in [3.05, 3.63) is 43.1 Å². The Bertz CT molecular complexity index is 258. The average Bonchev–Trinajstić information content (AvgIpc) is 2.58. The highest BCUT2D eigenvalue weighted by Crippen LogP contribution is 1.92. The standard InChI is InChI=1S/C8H9N2O/c1-2-4-9(5-3-1)10-6-7-11-8-10/h1-7H,8H2/q+1. The van der Waals surface area contributed by atoms with Gasteiger partial charge in [-0.3, -0.25) is 0 Å². The maximum Gasteiger partial charge on any atom is 0.215 e. The molecule has 11 heavy (non-hydrogen) atoms. The molecule has 0 amide bonds. The summed E-state index contributed by atoms with van der Waals surface area (Å²) in [4.78, 5) is 0. The van der Waals surface area contributed by atoms with Crippen molar-refractivity contribution in [1.82, 2.24) is 0 Å². The lowest BCUT2D eigenvalue weighted by atomic mass is 10.5. The molecule has 0 saturated carbocycles. The van der Waals surface area contributed by atoms with Crippen LogP contribution in [0.15, 0.2) is 43.1 Å². The summed E-state index contributed by atoms with van der Waals surface area (Å²) in [5, 5.41) is 1.96. The van der Waals surface area contributed by atoms with Gasteiger partial charge in [0.1, 0.15) is 12.5 Å². The Kier molecular flexibility index (Phi) is 1.48. The lowest BCUT2D eigenvalue weighted by molar-refractivity contribution is -0.687. The maximum absolute atomic E-state index is 5.04. The van der Waals surface area contributed by atoms with Gasteiger partial charge in [0, 0.05) is 12.1 Å². The molecule has 0 aromatic carbocycles. The molecule has 2 heterocycles. The molecule has 0 atom stereocenters. The summed E-state index contributed by atoms with van der Waals surface area (Å²) in [5.41, 5.74) is 0. The van der Waals surface area contributed by atoms with Crippen LogP contribution >= 0.6 is 0 Å². The number of aromatic nitrogens is 1. The summed E-state index contributed by atoms with van der Waals surface area (Å²) in [7, 11) is 0. The Morgan fingerprint density at radius 2 is 2.00 bits per heavy atom. The number of rotatable bonds is 1. The fourth-order valence-corrected chi connectivity index (χ4v) is 0.980. The molecule has 3 nitrogen and oxygen atoms in total. The van der Waals surface area contributed by atoms with Gasteiger partial charge >= 0.3 is 0 Å². The summed E-state index contributed by atoms with van der Waals surface area (Å²) < 4.78 is 7.00. The topological polar surface area (TPSA) is 16.4 Å². The van der Waals surface area contributed by atoms with E-state index in [1.165, 1.54) is 0 Å². The van der Waals surface area contributed by atoms with Crippen molar-refractivity contribution in [1.29, 1.82) is 0 Å². The van der Waals surface area contributed by atoms with Crippen LogP contribution in [0.1, 0.15) is 0 Å². The summed E-state index contributed by atoms with van der Waals surface area (Å²) in [6.45, 7) is 0.592. The first-order chi connectivity index (χ1) is 5.47. The number of pyridine rings is 1. The number of ether oxygens (including phenoxy) is 1. The monoisotopic (exact) mass is 149 g/mol. The minimum atomic E-state index is 0.592. The first-order valence-corrected chi connectivity index (χ1v) is 3.48. The van der Waals surface area contributed by atoms with Gasteiger partial charge in [-0.2, -0.15) is 0 Å². The third kappa shape index (κ3) is 1.17. The van der Waals surface area contributed by atoms with Crippen LogP contribution < -0.4 is 9.69 Å². The zero-order chi connectivity index (χ0) is 7.52. The first-order valence-electron chi connectivity index (χ1n) is 3.48. The Hall–Kier alpha value is -1.51. The van der Waals surface area contributed by atoms with Crippen LogP contribution in [0, 0.1) is 0 Å². The van der Waals surface area contributed by atoms with Crippen LogP contribution in [0.3, 0.4) is 0 Å². The van der Waals surface area contributed by atoms with Gasteiger partial charge in [0.05, 0.1) is 0 Å². The molecule has 0 spiro atoms. The van der Waals surface area contributed by atoms with Crippen molar-refractivity contribution in [2.75, 3.05) is 11.7 Å². The van der Waals surface area contributed by atoms with E-state index in [0.29, 0.717) is 6.73 Å². The minimum Gasteiger partial charge on any atom is -0.473 e. The van der Waals surface area contributed by atoms with Crippen LogP contribution in [-0.4, -0.2) is 6.73 Å². The molecule has 1 aliphatic heterocycles. The molecule has 3 heteroatoms. The van der Waals surface area contributed by atoms with Crippen LogP contribution in [0.25, 0.3) is 0 Å². The fraction of sp³-hybridized carbons (Fsp3) is 0.125. The SMILES string of the molecule is C1=CN([n+]2ccccc2)CO1. The van der Waals surface area contributed by atoms with Gasteiger partial charge in [0.15, 0.2) is 12.4 Å². The van der Waals surface area contributed by atoms with E-state index in [4.69, 9.17) is 4.74 Å². The van der Waals surface area contributed by atoms with E-state index in [2.05, 4.69) is 0 Å². The zero-order valence-electron chi connectivity index (χ0n) is 6.05. The second kappa shape index (κ2) is 2.62. The van der Waals surface area contributed by atoms with Crippen molar-refractivity contribution >= 4 is 0 Å². The highest BCUT2D eigenvalue weighted by Gasteiger charge is 2.12. The highest BCUT2D eigenvalue weighted by molar-refractivity contribution is 4.93. The second-order valence-corrected chi connectivity index (χ2v) is 2.28. The van der Waals surface area contributed by atoms with E-state index in [1.807, 2.05) is 46.5 Å². The molecule has 0 bridgehead atoms. The molecule has 56 valence electrons. The van der Waals surface area contributed by atoms with Gasteiger partial charge in [-0.25, -0.2) is 0 Å². The largest absolute Gasteiger partial charge is 0.473 e. The predicted octanol–water partition coefficient (Wildman–Crippen LogP) is 0.371. The molecule has 1 aromatic rings. The summed E-state index contributed by atoms with van der Waals surface area (Å²) in [6.07, 6.45) is 7.51. The third-order valence-corrected chi connectivity index (χ3v) is 1.53. The van der Waals surface area contributed by atoms with E-state index in [0.717, 1.165) is 0 Å². The van der Waals surface area contributed by atoms with Crippen LogP contribution in [0.4, 0.5) is 0 Å². The Morgan fingerprint density at radius 1 is 1.18 bits per heavy atom. The highest BCUT2D eigenvalue weighted by atomic mass is 16.5. The van der Waals surface area contributed by atoms with Crippen LogP contribution in [0.5, 0.6) is 0 Å². The molecule has 0 N–H and O–H groups in total. The van der Waals surface area contributed by atoms with Crippen molar-refractivity contribution < 1.29 is 9.41 Å². The van der Waals surface area contributed by atoms with Crippen molar-refractivity contribution in [2.24, 2.45) is 0 Å². The van der Waals surface area contributed by atoms with Crippen molar-refractivity contribution in [2.45, 2.75) is 0 Å². The molecule has 0 fully saturated rings. The van der Waals surface area contributed by atoms with E-state index >= 15 is 0 Å². The van der Waals surface area contributed by atoms with E-state index in [-0.39, 0.29) is 0 Å². The fourth-order valence-electron chi connectivity index (χ4n) is 0.980. The normalized spacial score (nSPS) is 15.1. The molecule has 0 radical (unpaired) electrons. The van der Waals surface area contributed by atoms with Gasteiger partial charge in [-0.15, -0.1) is 5.01 Å². The van der Waals surface area contributed by atoms with E-state index in [9.17, 15) is 0 Å². The lowest BCUT2D eigenvalue weighted by Crippen LogP contribution is -2.52. The molecule has 0 unspecified atom stereocenters. The summed E-state index contributed by atoms with van der Waals surface area (Å²) in [5.74, 6) is 0. The molecule has 0 saturated heterocycles. The quantitative estimate of drug-likeness (QED) is 0.536. The number of nitrogens with zero attached hydrogens (tertiary/aromatic N) is 2. The Morgan fingerprint density at radius 3 is 2.64 bits per heavy atom. The van der Waals surface area contributed by atoms with Gasteiger partial charge in [0.2, 0.25) is 6.73 Å². The molecule has 2 rings (SSSR count). The summed E-state index contributed by atoms with van der Waals surface area (Å²) >= 11 is 0. The lowest BCUT2D eigenvalue weighted by Gasteiger charge is -2.04. The van der Waals surface area contributed by atoms with Gasteiger partial charge < -0.3 is 4.74 Å². The number of hydrogen-bond acceptors (Lipinski definition) is 2. The minimum absolute atomic E-state index is 0.592. The Labute approximate surface area is 65.1 Å². The predicted molar refractivity (Wildman–Crippen MR) is 39.9 cm³/mol. The maximum atomic E-state index is 5.04. The molecule has 1 aromatic heterocycles. The molecule has 1 aliphatic rings. The smallest absolute Gasteiger partial charge is 0.215 e. The first kappa shape index (κ1) is 6.22. The van der Waals surface area contributed by atoms with Gasteiger partial charge in [0.25, 0.3) is 0 Å². The molecule has 0 aliphatic carbocycles. The van der Waals surface area contributed by atoms with E-state index in [1.54, 1.807) is 6.26 Å². The van der Waals surface area contributed by atoms with Crippen molar-refractivity contribution in [3.63, 3.8) is 0 Å². The van der Waals surface area contributed by atoms with Gasteiger partial charge in [-0.1, -0.05) is 10.7 Å². The second-order valence-electron chi connectivity index (χ2n) is 2.28. The summed E-state index contributed by atoms with van der Waals surface area (Å²) in [6, 6.07) is 5.94. The zero-order valence-corrected chi connectivity index (χ0v) is 6.05. The van der Waals surface area contributed by atoms with Crippen LogP contribution in [0.2, 0.25) is 0 Å².